The van der Waals surface area contributed by atoms with Gasteiger partial charge in [0.2, 0.25) is 0 Å². The van der Waals surface area contributed by atoms with E-state index in [-0.39, 0.29) is 6.04 Å². The van der Waals surface area contributed by atoms with Gasteiger partial charge in [0.15, 0.2) is 0 Å². The van der Waals surface area contributed by atoms with E-state index in [4.69, 9.17) is 5.73 Å². The molecule has 2 aromatic heterocycles. The van der Waals surface area contributed by atoms with E-state index >= 15 is 0 Å². The maximum absolute atomic E-state index is 6.15. The summed E-state index contributed by atoms with van der Waals surface area (Å²) < 4.78 is 2.30. The second-order valence-electron chi connectivity index (χ2n) is 5.11. The summed E-state index contributed by atoms with van der Waals surface area (Å²) in [6.45, 7) is 2.88. The van der Waals surface area contributed by atoms with Gasteiger partial charge >= 0.3 is 0 Å². The molecule has 2 N–H and O–H groups in total. The maximum atomic E-state index is 6.15. The van der Waals surface area contributed by atoms with Crippen LogP contribution in [-0.2, 0) is 13.0 Å². The van der Waals surface area contributed by atoms with E-state index in [0.717, 1.165) is 30.8 Å². The summed E-state index contributed by atoms with van der Waals surface area (Å²) >= 11 is 0. The average Bonchev–Trinajstić information content (AvgIpc) is 2.74. The third kappa shape index (κ3) is 2.06. The fraction of sp³-hybridized carbons (Fsp3) is 0.400. The number of aromatic nitrogens is 2. The van der Waals surface area contributed by atoms with Crippen molar-refractivity contribution in [2.24, 2.45) is 5.73 Å². The van der Waals surface area contributed by atoms with Crippen LogP contribution in [-0.4, -0.2) is 9.55 Å². The Labute approximate surface area is 108 Å². The van der Waals surface area contributed by atoms with Crippen molar-refractivity contribution in [2.45, 2.75) is 38.8 Å². The van der Waals surface area contributed by atoms with E-state index in [1.807, 2.05) is 13.0 Å². The normalized spacial score (nSPS) is 18.7. The van der Waals surface area contributed by atoms with Gasteiger partial charge in [-0.15, -0.1) is 0 Å². The predicted molar refractivity (Wildman–Crippen MR) is 72.4 cm³/mol. The molecule has 2 aromatic rings. The van der Waals surface area contributed by atoms with Crippen molar-refractivity contribution in [1.29, 1.82) is 0 Å². The summed E-state index contributed by atoms with van der Waals surface area (Å²) in [5, 5.41) is 0. The molecule has 0 saturated heterocycles. The Morgan fingerprint density at radius 3 is 3.11 bits per heavy atom. The van der Waals surface area contributed by atoms with Crippen LogP contribution in [0.2, 0.25) is 0 Å². The molecule has 0 spiro atoms. The lowest BCUT2D eigenvalue weighted by atomic mass is 9.94. The second kappa shape index (κ2) is 4.58. The van der Waals surface area contributed by atoms with Crippen molar-refractivity contribution in [1.82, 2.24) is 9.55 Å². The monoisotopic (exact) mass is 241 g/mol. The zero-order valence-electron chi connectivity index (χ0n) is 10.8. The van der Waals surface area contributed by atoms with Crippen molar-refractivity contribution >= 4 is 0 Å². The minimum Gasteiger partial charge on any atom is -0.345 e. The highest BCUT2D eigenvalue weighted by Gasteiger charge is 2.20. The largest absolute Gasteiger partial charge is 0.345 e. The Bertz CT molecular complexity index is 557. The van der Waals surface area contributed by atoms with Crippen LogP contribution < -0.4 is 5.73 Å². The summed E-state index contributed by atoms with van der Waals surface area (Å²) in [5.74, 6) is 0. The smallest absolute Gasteiger partial charge is 0.0645 e. The molecule has 2 heterocycles. The fourth-order valence-corrected chi connectivity index (χ4v) is 2.80. The molecule has 94 valence electrons. The van der Waals surface area contributed by atoms with Gasteiger partial charge < -0.3 is 10.3 Å². The van der Waals surface area contributed by atoms with Crippen LogP contribution in [0.4, 0.5) is 0 Å². The van der Waals surface area contributed by atoms with E-state index in [1.54, 1.807) is 0 Å². The van der Waals surface area contributed by atoms with Crippen LogP contribution in [0.3, 0.4) is 0 Å². The molecule has 0 aliphatic heterocycles. The lowest BCUT2D eigenvalue weighted by molar-refractivity contribution is 0.546. The molecule has 0 aromatic carbocycles. The first-order valence-corrected chi connectivity index (χ1v) is 6.60. The first kappa shape index (κ1) is 11.5. The molecule has 1 unspecified atom stereocenters. The molecular weight excluding hydrogens is 222 g/mol. The van der Waals surface area contributed by atoms with Crippen molar-refractivity contribution in [3.8, 4) is 0 Å². The fourth-order valence-electron chi connectivity index (χ4n) is 2.80. The van der Waals surface area contributed by atoms with Gasteiger partial charge in [-0.05, 0) is 49.9 Å². The lowest BCUT2D eigenvalue weighted by Gasteiger charge is -2.20. The average molecular weight is 241 g/mol. The second-order valence-corrected chi connectivity index (χ2v) is 5.11. The summed E-state index contributed by atoms with van der Waals surface area (Å²) in [6.07, 6.45) is 5.60. The van der Waals surface area contributed by atoms with Gasteiger partial charge in [0, 0.05) is 23.6 Å². The Kier molecular flexibility index (Phi) is 2.92. The lowest BCUT2D eigenvalue weighted by Crippen LogP contribution is -2.18. The number of aryl methyl sites for hydroxylation is 1. The van der Waals surface area contributed by atoms with Crippen molar-refractivity contribution in [2.75, 3.05) is 0 Å². The molecule has 18 heavy (non-hydrogen) atoms. The standard InChI is InChI=1S/C15H19N3/c1-11-4-2-5-12(17-11)10-18-9-8-13-14(16)6-3-7-15(13)18/h2,4-5,8-9,14H,3,6-7,10,16H2,1H3. The van der Waals surface area contributed by atoms with E-state index < -0.39 is 0 Å². The molecule has 0 amide bonds. The Morgan fingerprint density at radius 1 is 1.39 bits per heavy atom. The minimum absolute atomic E-state index is 0.223. The van der Waals surface area contributed by atoms with Crippen LogP contribution >= 0.6 is 0 Å². The molecule has 1 aliphatic carbocycles. The predicted octanol–water partition coefficient (Wildman–Crippen LogP) is 2.58. The van der Waals surface area contributed by atoms with Gasteiger partial charge in [-0.3, -0.25) is 4.98 Å². The number of nitrogens with zero attached hydrogens (tertiary/aromatic N) is 2. The number of nitrogens with two attached hydrogens (primary N) is 1. The van der Waals surface area contributed by atoms with E-state index in [1.165, 1.54) is 17.7 Å². The van der Waals surface area contributed by atoms with Crippen LogP contribution in [0.1, 0.15) is 41.5 Å². The highest BCUT2D eigenvalue weighted by Crippen LogP contribution is 2.29. The van der Waals surface area contributed by atoms with E-state index in [0.29, 0.717) is 0 Å². The third-order valence-electron chi connectivity index (χ3n) is 3.72. The van der Waals surface area contributed by atoms with Gasteiger partial charge in [0.1, 0.15) is 0 Å². The van der Waals surface area contributed by atoms with Gasteiger partial charge in [0.25, 0.3) is 0 Å². The van der Waals surface area contributed by atoms with Crippen LogP contribution in [0.15, 0.2) is 30.5 Å². The Balaban J connectivity index is 1.90. The molecule has 3 rings (SSSR count). The molecule has 3 heteroatoms. The van der Waals surface area contributed by atoms with Crippen molar-refractivity contribution in [3.05, 3.63) is 53.1 Å². The quantitative estimate of drug-likeness (QED) is 0.878. The van der Waals surface area contributed by atoms with Crippen molar-refractivity contribution in [3.63, 3.8) is 0 Å². The van der Waals surface area contributed by atoms with Gasteiger partial charge in [-0.2, -0.15) is 0 Å². The summed E-state index contributed by atoms with van der Waals surface area (Å²) in [6, 6.07) is 8.58. The highest BCUT2D eigenvalue weighted by atomic mass is 15.0. The van der Waals surface area contributed by atoms with E-state index in [9.17, 15) is 0 Å². The van der Waals surface area contributed by atoms with Crippen LogP contribution in [0.25, 0.3) is 0 Å². The Morgan fingerprint density at radius 2 is 2.28 bits per heavy atom. The first-order chi connectivity index (χ1) is 8.74. The van der Waals surface area contributed by atoms with Crippen LogP contribution in [0.5, 0.6) is 0 Å². The Hall–Kier alpha value is -1.61. The van der Waals surface area contributed by atoms with Gasteiger partial charge in [0.05, 0.1) is 12.2 Å². The molecule has 0 saturated carbocycles. The third-order valence-corrected chi connectivity index (χ3v) is 3.72. The number of hydrogen-bond acceptors (Lipinski definition) is 2. The topological polar surface area (TPSA) is 43.8 Å². The molecule has 0 fully saturated rings. The SMILES string of the molecule is Cc1cccc(Cn2ccc3c2CCCC3N)n1. The highest BCUT2D eigenvalue weighted by molar-refractivity contribution is 5.29. The van der Waals surface area contributed by atoms with Gasteiger partial charge in [-0.25, -0.2) is 0 Å². The molecule has 0 radical (unpaired) electrons. The van der Waals surface area contributed by atoms with Gasteiger partial charge in [-0.1, -0.05) is 6.07 Å². The molecule has 1 atom stereocenters. The molecular formula is C15H19N3. The van der Waals surface area contributed by atoms with Crippen molar-refractivity contribution < 1.29 is 0 Å². The molecule has 0 bridgehead atoms. The molecule has 3 nitrogen and oxygen atoms in total. The number of hydrogen-bond donors (Lipinski definition) is 1. The first-order valence-electron chi connectivity index (χ1n) is 6.60. The molecule has 1 aliphatic rings. The zero-order valence-corrected chi connectivity index (χ0v) is 10.8. The minimum atomic E-state index is 0.223. The summed E-state index contributed by atoms with van der Waals surface area (Å²) in [4.78, 5) is 4.56. The summed E-state index contributed by atoms with van der Waals surface area (Å²) in [7, 11) is 0. The maximum Gasteiger partial charge on any atom is 0.0645 e. The van der Waals surface area contributed by atoms with E-state index in [2.05, 4.69) is 33.9 Å². The number of fused-ring (bicyclic) bond motifs is 1. The number of pyridine rings is 1. The zero-order chi connectivity index (χ0) is 12.5. The summed E-state index contributed by atoms with van der Waals surface area (Å²) in [5.41, 5.74) is 11.1. The van der Waals surface area contributed by atoms with Crippen LogP contribution in [0, 0.1) is 6.92 Å². The number of rotatable bonds is 2.